The molecule has 3 rings (SSSR count). The lowest BCUT2D eigenvalue weighted by molar-refractivity contribution is -0.130. The van der Waals surface area contributed by atoms with Crippen LogP contribution in [0.5, 0.6) is 11.5 Å². The first-order valence-corrected chi connectivity index (χ1v) is 7.59. The van der Waals surface area contributed by atoms with Gasteiger partial charge in [0.15, 0.2) is 11.5 Å². The van der Waals surface area contributed by atoms with Crippen LogP contribution < -0.4 is 14.9 Å². The van der Waals surface area contributed by atoms with Crippen LogP contribution in [0, 0.1) is 5.82 Å². The summed E-state index contributed by atoms with van der Waals surface area (Å²) in [6.45, 7) is 0.112. The molecular formula is C16H12BrFN2O3. The molecule has 7 heteroatoms. The van der Waals surface area contributed by atoms with E-state index in [0.29, 0.717) is 21.5 Å². The van der Waals surface area contributed by atoms with Crippen LogP contribution in [0.1, 0.15) is 5.56 Å². The summed E-state index contributed by atoms with van der Waals surface area (Å²) in [5, 5.41) is 3.84. The molecule has 2 aromatic carbocycles. The van der Waals surface area contributed by atoms with Crippen LogP contribution >= 0.6 is 15.9 Å². The van der Waals surface area contributed by atoms with E-state index in [9.17, 15) is 9.18 Å². The van der Waals surface area contributed by atoms with Gasteiger partial charge in [0.25, 0.3) is 5.91 Å². The highest BCUT2D eigenvalue weighted by molar-refractivity contribution is 9.10. The molecule has 1 amide bonds. The fourth-order valence-corrected chi connectivity index (χ4v) is 2.38. The third-order valence-corrected chi connectivity index (χ3v) is 3.74. The number of halogens is 2. The van der Waals surface area contributed by atoms with Gasteiger partial charge in [0.2, 0.25) is 6.10 Å². The number of nitrogens with one attached hydrogen (secondary N) is 1. The van der Waals surface area contributed by atoms with Crippen LogP contribution in [0.4, 0.5) is 4.39 Å². The number of carbonyl (C=O) groups excluding carboxylic acids is 1. The van der Waals surface area contributed by atoms with Crippen LogP contribution in [-0.2, 0) is 4.79 Å². The Labute approximate surface area is 140 Å². The van der Waals surface area contributed by atoms with Crippen molar-refractivity contribution in [1.82, 2.24) is 5.43 Å². The first-order chi connectivity index (χ1) is 11.1. The summed E-state index contributed by atoms with van der Waals surface area (Å²) in [5.74, 6) is 0.344. The lowest BCUT2D eigenvalue weighted by atomic mass is 10.2. The van der Waals surface area contributed by atoms with Gasteiger partial charge in [0.1, 0.15) is 12.4 Å². The number of hydrogen-bond donors (Lipinski definition) is 1. The second kappa shape index (κ2) is 6.78. The van der Waals surface area contributed by atoms with E-state index in [1.165, 1.54) is 12.3 Å². The van der Waals surface area contributed by atoms with Crippen molar-refractivity contribution in [2.75, 3.05) is 6.61 Å². The zero-order chi connectivity index (χ0) is 16.2. The lowest BCUT2D eigenvalue weighted by Gasteiger charge is -2.24. The molecule has 0 spiro atoms. The molecule has 0 saturated heterocycles. The van der Waals surface area contributed by atoms with Crippen LogP contribution in [0.2, 0.25) is 0 Å². The van der Waals surface area contributed by atoms with Crippen LogP contribution in [0.3, 0.4) is 0 Å². The van der Waals surface area contributed by atoms with E-state index in [1.807, 2.05) is 6.07 Å². The van der Waals surface area contributed by atoms with Crippen molar-refractivity contribution in [1.29, 1.82) is 0 Å². The van der Waals surface area contributed by atoms with E-state index in [0.717, 1.165) is 0 Å². The Morgan fingerprint density at radius 2 is 2.09 bits per heavy atom. The minimum absolute atomic E-state index is 0.112. The number of nitrogens with zero attached hydrogens (tertiary/aromatic N) is 1. The summed E-state index contributed by atoms with van der Waals surface area (Å²) in [6.07, 6.45) is 0.640. The smallest absolute Gasteiger partial charge is 0.284 e. The van der Waals surface area contributed by atoms with E-state index >= 15 is 0 Å². The monoisotopic (exact) mass is 378 g/mol. The van der Waals surface area contributed by atoms with Gasteiger partial charge < -0.3 is 9.47 Å². The van der Waals surface area contributed by atoms with Crippen molar-refractivity contribution in [3.8, 4) is 11.5 Å². The number of carbonyl (C=O) groups is 1. The number of ether oxygens (including phenoxy) is 2. The van der Waals surface area contributed by atoms with Crippen molar-refractivity contribution in [2.45, 2.75) is 6.10 Å². The summed E-state index contributed by atoms with van der Waals surface area (Å²) in [5.41, 5.74) is 3.03. The Bertz CT molecular complexity index is 767. The van der Waals surface area contributed by atoms with E-state index < -0.39 is 12.0 Å². The lowest BCUT2D eigenvalue weighted by Crippen LogP contribution is -2.42. The Kier molecular flexibility index (Phi) is 4.57. The van der Waals surface area contributed by atoms with Crippen molar-refractivity contribution in [2.24, 2.45) is 5.10 Å². The fourth-order valence-electron chi connectivity index (χ4n) is 1.98. The molecule has 0 fully saturated rings. The molecule has 2 aromatic rings. The Hall–Kier alpha value is -2.41. The number of para-hydroxylation sites is 2. The summed E-state index contributed by atoms with van der Waals surface area (Å²) >= 11 is 3.08. The predicted octanol–water partition coefficient (Wildman–Crippen LogP) is 2.88. The Morgan fingerprint density at radius 3 is 2.87 bits per heavy atom. The summed E-state index contributed by atoms with van der Waals surface area (Å²) in [6, 6.07) is 11.5. The van der Waals surface area contributed by atoms with Crippen LogP contribution in [-0.4, -0.2) is 24.8 Å². The summed E-state index contributed by atoms with van der Waals surface area (Å²) < 4.78 is 24.5. The molecule has 0 bridgehead atoms. The second-order valence-corrected chi connectivity index (χ2v) is 5.63. The maximum Gasteiger partial charge on any atom is 0.284 e. The van der Waals surface area contributed by atoms with Gasteiger partial charge in [0, 0.05) is 0 Å². The van der Waals surface area contributed by atoms with Gasteiger partial charge in [-0.05, 0) is 45.8 Å². The molecule has 118 valence electrons. The number of benzene rings is 2. The largest absolute Gasteiger partial charge is 0.485 e. The number of hydrogen-bond acceptors (Lipinski definition) is 4. The minimum Gasteiger partial charge on any atom is -0.485 e. The van der Waals surface area contributed by atoms with E-state index in [4.69, 9.17) is 9.47 Å². The van der Waals surface area contributed by atoms with Crippen LogP contribution in [0.25, 0.3) is 0 Å². The first kappa shape index (κ1) is 15.5. The topological polar surface area (TPSA) is 59.9 Å². The Morgan fingerprint density at radius 1 is 1.30 bits per heavy atom. The molecule has 0 aliphatic carbocycles. The molecule has 0 unspecified atom stereocenters. The molecular weight excluding hydrogens is 367 g/mol. The molecule has 0 aromatic heterocycles. The number of fused-ring (bicyclic) bond motifs is 1. The average molecular weight is 379 g/mol. The molecule has 1 N–H and O–H groups in total. The van der Waals surface area contributed by atoms with Gasteiger partial charge in [-0.15, -0.1) is 0 Å². The van der Waals surface area contributed by atoms with Gasteiger partial charge in [-0.2, -0.15) is 5.10 Å². The highest BCUT2D eigenvalue weighted by Crippen LogP contribution is 2.30. The maximum absolute atomic E-state index is 13.1. The SMILES string of the molecule is O=C(N/N=C\c1ccc(F)c(Br)c1)[C@@H]1COc2ccccc2O1. The predicted molar refractivity (Wildman–Crippen MR) is 86.2 cm³/mol. The number of rotatable bonds is 3. The normalized spacial score (nSPS) is 16.3. The van der Waals surface area contributed by atoms with E-state index in [2.05, 4.69) is 26.5 Å². The van der Waals surface area contributed by atoms with Gasteiger partial charge in [0.05, 0.1) is 10.7 Å². The maximum atomic E-state index is 13.1. The number of hydrazone groups is 1. The van der Waals surface area contributed by atoms with Gasteiger partial charge >= 0.3 is 0 Å². The number of amides is 1. The molecule has 1 heterocycles. The van der Waals surface area contributed by atoms with Crippen molar-refractivity contribution in [3.05, 3.63) is 58.3 Å². The highest BCUT2D eigenvalue weighted by atomic mass is 79.9. The van der Waals surface area contributed by atoms with Crippen molar-refractivity contribution >= 4 is 28.1 Å². The standard InChI is InChI=1S/C16H12BrFN2O3/c17-11-7-10(5-6-12(11)18)8-19-20-16(21)15-9-22-13-3-1-2-4-14(13)23-15/h1-8,15H,9H2,(H,20,21)/b19-8-/t15-/m0/s1. The zero-order valence-electron chi connectivity index (χ0n) is 11.8. The first-order valence-electron chi connectivity index (χ1n) is 6.80. The minimum atomic E-state index is -0.776. The van der Waals surface area contributed by atoms with Crippen molar-refractivity contribution in [3.63, 3.8) is 0 Å². The second-order valence-electron chi connectivity index (χ2n) is 4.77. The molecule has 1 aliphatic heterocycles. The van der Waals surface area contributed by atoms with Crippen molar-refractivity contribution < 1.29 is 18.7 Å². The van der Waals surface area contributed by atoms with Crippen LogP contribution in [0.15, 0.2) is 52.0 Å². The third-order valence-electron chi connectivity index (χ3n) is 3.13. The Balaban J connectivity index is 1.59. The van der Waals surface area contributed by atoms with Gasteiger partial charge in [-0.1, -0.05) is 18.2 Å². The molecule has 1 atom stereocenters. The van der Waals surface area contributed by atoms with Gasteiger partial charge in [-0.3, -0.25) is 4.79 Å². The quantitative estimate of drug-likeness (QED) is 0.659. The zero-order valence-corrected chi connectivity index (χ0v) is 13.4. The molecule has 0 saturated carbocycles. The molecule has 1 aliphatic rings. The van der Waals surface area contributed by atoms with E-state index in [-0.39, 0.29) is 12.4 Å². The fraction of sp³-hybridized carbons (Fsp3) is 0.125. The molecule has 5 nitrogen and oxygen atoms in total. The molecule has 0 radical (unpaired) electrons. The summed E-state index contributed by atoms with van der Waals surface area (Å²) in [4.78, 5) is 12.0. The summed E-state index contributed by atoms with van der Waals surface area (Å²) in [7, 11) is 0. The molecule has 23 heavy (non-hydrogen) atoms. The van der Waals surface area contributed by atoms with Gasteiger partial charge in [-0.25, -0.2) is 9.82 Å². The van der Waals surface area contributed by atoms with E-state index in [1.54, 1.807) is 30.3 Å². The third kappa shape index (κ3) is 3.68. The highest BCUT2D eigenvalue weighted by Gasteiger charge is 2.26. The average Bonchev–Trinajstić information content (AvgIpc) is 2.57.